The molecule has 0 aliphatic rings. The second-order valence-electron chi connectivity index (χ2n) is 5.40. The maximum Gasteiger partial charge on any atom is 0.387 e. The maximum absolute atomic E-state index is 12.4. The number of ether oxygens (including phenoxy) is 1. The quantitative estimate of drug-likeness (QED) is 0.827. The minimum atomic E-state index is -2.98. The first kappa shape index (κ1) is 18.4. The Morgan fingerprint density at radius 2 is 2.00 bits per heavy atom. The van der Waals surface area contributed by atoms with E-state index in [1.54, 1.807) is 6.07 Å². The number of carbonyl (C=O) groups is 2. The van der Waals surface area contributed by atoms with Crippen LogP contribution in [0.4, 0.5) is 8.78 Å². The number of furan rings is 1. The number of halogens is 2. The van der Waals surface area contributed by atoms with E-state index in [1.165, 1.54) is 43.1 Å². The van der Waals surface area contributed by atoms with Crippen LogP contribution in [0.15, 0.2) is 34.7 Å². The van der Waals surface area contributed by atoms with E-state index in [2.05, 4.69) is 4.74 Å². The van der Waals surface area contributed by atoms with Crippen molar-refractivity contribution < 1.29 is 32.6 Å². The van der Waals surface area contributed by atoms with Crippen molar-refractivity contribution in [2.75, 3.05) is 7.05 Å². The summed E-state index contributed by atoms with van der Waals surface area (Å²) in [5, 5.41) is 9.00. The number of para-hydroxylation sites is 1. The molecule has 0 atom stereocenters. The molecule has 1 aromatic carbocycles. The van der Waals surface area contributed by atoms with Crippen LogP contribution in [0.3, 0.4) is 0 Å². The second kappa shape index (κ2) is 7.78. The van der Waals surface area contributed by atoms with E-state index in [4.69, 9.17) is 9.52 Å². The predicted octanol–water partition coefficient (Wildman–Crippen LogP) is 3.09. The first-order chi connectivity index (χ1) is 11.8. The molecule has 6 nitrogen and oxygen atoms in total. The largest absolute Gasteiger partial charge is 0.478 e. The number of nitrogens with zero attached hydrogens (tertiary/aromatic N) is 1. The Morgan fingerprint density at radius 1 is 1.32 bits per heavy atom. The fraction of sp³-hybridized carbons (Fsp3) is 0.294. The van der Waals surface area contributed by atoms with E-state index in [0.717, 1.165) is 0 Å². The van der Waals surface area contributed by atoms with Crippen molar-refractivity contribution in [1.29, 1.82) is 0 Å². The lowest BCUT2D eigenvalue weighted by atomic mass is 10.1. The van der Waals surface area contributed by atoms with Crippen molar-refractivity contribution in [3.8, 4) is 5.75 Å². The van der Waals surface area contributed by atoms with Crippen LogP contribution < -0.4 is 4.74 Å². The highest BCUT2D eigenvalue weighted by atomic mass is 19.3. The minimum absolute atomic E-state index is 0.0338. The number of carboxylic acids is 1. The summed E-state index contributed by atoms with van der Waals surface area (Å²) in [5.41, 5.74) is 0.369. The number of aryl methyl sites for hydroxylation is 1. The number of hydrogen-bond donors (Lipinski definition) is 1. The first-order valence-corrected chi connectivity index (χ1v) is 7.37. The molecule has 1 aromatic heterocycles. The van der Waals surface area contributed by atoms with Gasteiger partial charge in [-0.05, 0) is 19.1 Å². The molecule has 1 N–H and O–H groups in total. The fourth-order valence-corrected chi connectivity index (χ4v) is 2.31. The number of amides is 1. The Balaban J connectivity index is 2.06. The molecular formula is C17H17F2NO5. The van der Waals surface area contributed by atoms with E-state index < -0.39 is 12.6 Å². The number of benzene rings is 1. The maximum atomic E-state index is 12.4. The second-order valence-corrected chi connectivity index (χ2v) is 5.40. The minimum Gasteiger partial charge on any atom is -0.478 e. The van der Waals surface area contributed by atoms with Crippen LogP contribution in [-0.4, -0.2) is 35.5 Å². The Kier molecular flexibility index (Phi) is 5.74. The standard InChI is InChI=1S/C17H17F2NO5/c1-10-13(16(22)23)8-12(24-10)9-20(2)15(21)7-11-5-3-4-6-14(11)25-17(18)19/h3-6,8,17H,7,9H2,1-2H3,(H,22,23). The van der Waals surface area contributed by atoms with Crippen molar-refractivity contribution in [2.24, 2.45) is 0 Å². The molecule has 25 heavy (non-hydrogen) atoms. The third kappa shape index (κ3) is 4.79. The summed E-state index contributed by atoms with van der Waals surface area (Å²) in [4.78, 5) is 24.6. The lowest BCUT2D eigenvalue weighted by molar-refractivity contribution is -0.130. The zero-order valence-electron chi connectivity index (χ0n) is 13.7. The van der Waals surface area contributed by atoms with Crippen LogP contribution in [0.25, 0.3) is 0 Å². The highest BCUT2D eigenvalue weighted by Crippen LogP contribution is 2.22. The molecule has 0 aliphatic heterocycles. The zero-order chi connectivity index (χ0) is 18.6. The molecule has 0 aliphatic carbocycles. The summed E-state index contributed by atoms with van der Waals surface area (Å²) < 4.78 is 34.5. The number of aromatic carboxylic acids is 1. The summed E-state index contributed by atoms with van der Waals surface area (Å²) in [6.07, 6.45) is -0.134. The summed E-state index contributed by atoms with van der Waals surface area (Å²) in [5.74, 6) is -0.945. The molecular weight excluding hydrogens is 336 g/mol. The van der Waals surface area contributed by atoms with Crippen LogP contribution in [-0.2, 0) is 17.8 Å². The zero-order valence-corrected chi connectivity index (χ0v) is 13.7. The fourth-order valence-electron chi connectivity index (χ4n) is 2.31. The molecule has 0 saturated carbocycles. The number of likely N-dealkylation sites (N-methyl/N-ethyl adjacent to an activating group) is 1. The lowest BCUT2D eigenvalue weighted by Gasteiger charge is -2.17. The molecule has 1 heterocycles. The van der Waals surface area contributed by atoms with E-state index >= 15 is 0 Å². The van der Waals surface area contributed by atoms with Gasteiger partial charge in [0.25, 0.3) is 0 Å². The van der Waals surface area contributed by atoms with Gasteiger partial charge in [0, 0.05) is 12.6 Å². The van der Waals surface area contributed by atoms with Crippen LogP contribution >= 0.6 is 0 Å². The van der Waals surface area contributed by atoms with Crippen LogP contribution in [0.2, 0.25) is 0 Å². The van der Waals surface area contributed by atoms with Gasteiger partial charge in [0.05, 0.1) is 13.0 Å². The molecule has 0 unspecified atom stereocenters. The molecule has 8 heteroatoms. The van der Waals surface area contributed by atoms with E-state index in [9.17, 15) is 18.4 Å². The molecule has 0 spiro atoms. The van der Waals surface area contributed by atoms with E-state index in [1.807, 2.05) is 0 Å². The number of rotatable bonds is 7. The van der Waals surface area contributed by atoms with Crippen LogP contribution in [0.5, 0.6) is 5.75 Å². The number of hydrogen-bond acceptors (Lipinski definition) is 4. The number of carboxylic acid groups (broad SMARTS) is 1. The van der Waals surface area contributed by atoms with Crippen LogP contribution in [0.1, 0.15) is 27.4 Å². The van der Waals surface area contributed by atoms with Gasteiger partial charge in [0.1, 0.15) is 22.8 Å². The normalized spacial score (nSPS) is 10.8. The molecule has 0 bridgehead atoms. The van der Waals surface area contributed by atoms with Crippen molar-refractivity contribution in [2.45, 2.75) is 26.5 Å². The number of carbonyl (C=O) groups excluding carboxylic acids is 1. The molecule has 134 valence electrons. The van der Waals surface area contributed by atoms with Gasteiger partial charge in [0.2, 0.25) is 5.91 Å². The van der Waals surface area contributed by atoms with Gasteiger partial charge in [0.15, 0.2) is 0 Å². The molecule has 0 fully saturated rings. The summed E-state index contributed by atoms with van der Waals surface area (Å²) in [7, 11) is 1.51. The van der Waals surface area contributed by atoms with Gasteiger partial charge in [-0.3, -0.25) is 4.79 Å². The smallest absolute Gasteiger partial charge is 0.387 e. The van der Waals surface area contributed by atoms with Gasteiger partial charge in [-0.1, -0.05) is 18.2 Å². The van der Waals surface area contributed by atoms with Gasteiger partial charge < -0.3 is 19.2 Å². The summed E-state index contributed by atoms with van der Waals surface area (Å²) in [6.45, 7) is -1.40. The van der Waals surface area contributed by atoms with Crippen molar-refractivity contribution in [3.63, 3.8) is 0 Å². The van der Waals surface area contributed by atoms with Crippen molar-refractivity contribution in [3.05, 3.63) is 53.0 Å². The molecule has 0 radical (unpaired) electrons. The molecule has 1 amide bonds. The Labute approximate surface area is 142 Å². The predicted molar refractivity (Wildman–Crippen MR) is 83.7 cm³/mol. The first-order valence-electron chi connectivity index (χ1n) is 7.37. The molecule has 0 saturated heterocycles. The lowest BCUT2D eigenvalue weighted by Crippen LogP contribution is -2.27. The van der Waals surface area contributed by atoms with Gasteiger partial charge >= 0.3 is 12.6 Å². The monoisotopic (exact) mass is 353 g/mol. The highest BCUT2D eigenvalue weighted by molar-refractivity contribution is 5.88. The Morgan fingerprint density at radius 3 is 2.60 bits per heavy atom. The highest BCUT2D eigenvalue weighted by Gasteiger charge is 2.18. The summed E-state index contributed by atoms with van der Waals surface area (Å²) >= 11 is 0. The Hall–Kier alpha value is -2.90. The molecule has 2 aromatic rings. The molecule has 2 rings (SSSR count). The third-order valence-corrected chi connectivity index (χ3v) is 3.55. The number of alkyl halides is 2. The van der Waals surface area contributed by atoms with Crippen molar-refractivity contribution >= 4 is 11.9 Å². The SMILES string of the molecule is Cc1oc(CN(C)C(=O)Cc2ccccc2OC(F)F)cc1C(=O)O. The van der Waals surface area contributed by atoms with E-state index in [0.29, 0.717) is 11.3 Å². The average molecular weight is 353 g/mol. The van der Waals surface area contributed by atoms with Gasteiger partial charge in [-0.15, -0.1) is 0 Å². The van der Waals surface area contributed by atoms with Crippen LogP contribution in [0, 0.1) is 6.92 Å². The van der Waals surface area contributed by atoms with Gasteiger partial charge in [-0.2, -0.15) is 8.78 Å². The Bertz CT molecular complexity index is 772. The summed E-state index contributed by atoms with van der Waals surface area (Å²) in [6, 6.07) is 7.41. The third-order valence-electron chi connectivity index (χ3n) is 3.55. The van der Waals surface area contributed by atoms with Crippen molar-refractivity contribution in [1.82, 2.24) is 4.90 Å². The topological polar surface area (TPSA) is 80.0 Å². The average Bonchev–Trinajstić information content (AvgIpc) is 2.89. The van der Waals surface area contributed by atoms with Gasteiger partial charge in [-0.25, -0.2) is 4.79 Å². The van der Waals surface area contributed by atoms with E-state index in [-0.39, 0.29) is 35.9 Å².